The van der Waals surface area contributed by atoms with E-state index >= 15 is 0 Å². The first-order valence-corrected chi connectivity index (χ1v) is 8.26. The minimum Gasteiger partial charge on any atom is -0.348 e. The Morgan fingerprint density at radius 3 is 2.62 bits per heavy atom. The molecule has 1 aromatic heterocycles. The molecule has 9 nitrogen and oxygen atoms in total. The Hall–Kier alpha value is -3.07. The van der Waals surface area contributed by atoms with Crippen molar-refractivity contribution in [1.29, 1.82) is 0 Å². The molecule has 2 aromatic rings. The molecule has 26 heavy (non-hydrogen) atoms. The second-order valence-corrected chi connectivity index (χ2v) is 6.20. The van der Waals surface area contributed by atoms with Gasteiger partial charge in [0.05, 0.1) is 4.92 Å². The highest BCUT2D eigenvalue weighted by Gasteiger charge is 2.28. The van der Waals surface area contributed by atoms with Gasteiger partial charge >= 0.3 is 5.69 Å². The van der Waals surface area contributed by atoms with Crippen LogP contribution in [-0.2, 0) is 0 Å². The summed E-state index contributed by atoms with van der Waals surface area (Å²) >= 11 is 0. The zero-order chi connectivity index (χ0) is 18.7. The van der Waals surface area contributed by atoms with Crippen LogP contribution in [-0.4, -0.2) is 58.8 Å². The molecule has 1 saturated heterocycles. The maximum Gasteiger partial charge on any atom is 0.353 e. The van der Waals surface area contributed by atoms with Gasteiger partial charge in [0.15, 0.2) is 5.78 Å². The summed E-state index contributed by atoms with van der Waals surface area (Å²) in [4.78, 5) is 35.1. The first kappa shape index (κ1) is 17.7. The molecular formula is C17H20N6O3. The van der Waals surface area contributed by atoms with Gasteiger partial charge < -0.3 is 15.1 Å². The van der Waals surface area contributed by atoms with Crippen molar-refractivity contribution in [3.05, 3.63) is 46.3 Å². The van der Waals surface area contributed by atoms with Gasteiger partial charge in [-0.15, -0.1) is 0 Å². The first-order chi connectivity index (χ1) is 12.5. The van der Waals surface area contributed by atoms with Crippen molar-refractivity contribution in [1.82, 2.24) is 14.9 Å². The molecule has 9 heteroatoms. The fourth-order valence-corrected chi connectivity index (χ4v) is 2.83. The number of Topliss-reactive ketones (excluding diaryl/α,β-unsaturated/α-hetero) is 1. The Balaban J connectivity index is 1.94. The van der Waals surface area contributed by atoms with Gasteiger partial charge in [-0.1, -0.05) is 12.1 Å². The molecule has 0 unspecified atom stereocenters. The van der Waals surface area contributed by atoms with Crippen molar-refractivity contribution in [3.63, 3.8) is 0 Å². The number of benzene rings is 1. The fourth-order valence-electron chi connectivity index (χ4n) is 2.83. The van der Waals surface area contributed by atoms with Crippen LogP contribution in [0.25, 0.3) is 0 Å². The van der Waals surface area contributed by atoms with E-state index in [1.165, 1.54) is 13.3 Å². The largest absolute Gasteiger partial charge is 0.353 e. The quantitative estimate of drug-likeness (QED) is 0.493. The van der Waals surface area contributed by atoms with Gasteiger partial charge in [0.1, 0.15) is 6.33 Å². The van der Waals surface area contributed by atoms with Gasteiger partial charge in [-0.05, 0) is 26.1 Å². The van der Waals surface area contributed by atoms with E-state index in [1.807, 2.05) is 11.9 Å². The van der Waals surface area contributed by atoms with E-state index in [2.05, 4.69) is 20.2 Å². The predicted molar refractivity (Wildman–Crippen MR) is 98.1 cm³/mol. The average molecular weight is 356 g/mol. The summed E-state index contributed by atoms with van der Waals surface area (Å²) in [6.07, 6.45) is 1.32. The number of rotatable bonds is 5. The number of ketones is 1. The number of hydrogen-bond acceptors (Lipinski definition) is 8. The van der Waals surface area contributed by atoms with Crippen LogP contribution in [0.3, 0.4) is 0 Å². The predicted octanol–water partition coefficient (Wildman–Crippen LogP) is 2.08. The summed E-state index contributed by atoms with van der Waals surface area (Å²) in [6, 6.07) is 6.78. The van der Waals surface area contributed by atoms with Crippen molar-refractivity contribution in [2.75, 3.05) is 43.4 Å². The molecule has 136 valence electrons. The zero-order valence-corrected chi connectivity index (χ0v) is 14.7. The molecule has 1 aliphatic heterocycles. The minimum absolute atomic E-state index is 0.0797. The van der Waals surface area contributed by atoms with E-state index in [-0.39, 0.29) is 17.3 Å². The Kier molecular flexibility index (Phi) is 5.08. The highest BCUT2D eigenvalue weighted by Crippen LogP contribution is 2.34. The Bertz CT molecular complexity index is 833. The molecule has 0 aliphatic carbocycles. The van der Waals surface area contributed by atoms with Gasteiger partial charge in [-0.25, -0.2) is 9.97 Å². The van der Waals surface area contributed by atoms with Gasteiger partial charge in [-0.3, -0.25) is 14.9 Å². The van der Waals surface area contributed by atoms with Gasteiger partial charge in [0.25, 0.3) is 0 Å². The summed E-state index contributed by atoms with van der Waals surface area (Å²) in [5, 5.41) is 14.7. The van der Waals surface area contributed by atoms with Crippen molar-refractivity contribution in [2.24, 2.45) is 0 Å². The summed E-state index contributed by atoms with van der Waals surface area (Å²) < 4.78 is 0. The number of nitro groups is 1. The monoisotopic (exact) mass is 356 g/mol. The van der Waals surface area contributed by atoms with Crippen molar-refractivity contribution in [2.45, 2.75) is 6.92 Å². The highest BCUT2D eigenvalue weighted by atomic mass is 16.6. The molecule has 0 saturated carbocycles. The topological polar surface area (TPSA) is 104 Å². The molecule has 0 amide bonds. The smallest absolute Gasteiger partial charge is 0.348 e. The number of likely N-dealkylation sites (N-methyl/N-ethyl adjacent to an activating group) is 1. The normalized spacial score (nSPS) is 14.9. The summed E-state index contributed by atoms with van der Waals surface area (Å²) in [7, 11) is 2.01. The van der Waals surface area contributed by atoms with Crippen molar-refractivity contribution >= 4 is 28.8 Å². The Morgan fingerprint density at radius 2 is 1.96 bits per heavy atom. The standard InChI is InChI=1S/C17H20N6O3/c1-12(24)13-4-3-5-14(10-13)20-16-15(23(25)26)17(19-11-18-16)22-8-6-21(2)7-9-22/h3-5,10-11H,6-9H2,1-2H3,(H,18,19,20). The lowest BCUT2D eigenvalue weighted by Crippen LogP contribution is -2.45. The highest BCUT2D eigenvalue weighted by molar-refractivity contribution is 5.95. The molecule has 0 radical (unpaired) electrons. The number of carbonyl (C=O) groups is 1. The molecule has 1 fully saturated rings. The maximum absolute atomic E-state index is 11.7. The molecule has 0 spiro atoms. The number of nitrogens with zero attached hydrogens (tertiary/aromatic N) is 5. The van der Waals surface area contributed by atoms with E-state index in [9.17, 15) is 14.9 Å². The van der Waals surface area contributed by atoms with Crippen LogP contribution < -0.4 is 10.2 Å². The number of anilines is 3. The number of carbonyl (C=O) groups excluding carboxylic acids is 1. The third-order valence-electron chi connectivity index (χ3n) is 4.32. The van der Waals surface area contributed by atoms with Crippen LogP contribution >= 0.6 is 0 Å². The van der Waals surface area contributed by atoms with Crippen LogP contribution in [0, 0.1) is 10.1 Å². The third-order valence-corrected chi connectivity index (χ3v) is 4.32. The Morgan fingerprint density at radius 1 is 1.23 bits per heavy atom. The second-order valence-electron chi connectivity index (χ2n) is 6.20. The molecular weight excluding hydrogens is 336 g/mol. The molecule has 0 bridgehead atoms. The summed E-state index contributed by atoms with van der Waals surface area (Å²) in [5.74, 6) is 0.340. The summed E-state index contributed by atoms with van der Waals surface area (Å²) in [5.41, 5.74) is 0.917. The first-order valence-electron chi connectivity index (χ1n) is 8.26. The third kappa shape index (κ3) is 3.77. The van der Waals surface area contributed by atoms with E-state index < -0.39 is 4.92 Å². The minimum atomic E-state index is -0.467. The molecule has 3 rings (SSSR count). The van der Waals surface area contributed by atoms with Crippen LogP contribution in [0.1, 0.15) is 17.3 Å². The Labute approximate surface area is 150 Å². The van der Waals surface area contributed by atoms with E-state index in [0.717, 1.165) is 13.1 Å². The zero-order valence-electron chi connectivity index (χ0n) is 14.7. The fraction of sp³-hybridized carbons (Fsp3) is 0.353. The number of nitrogens with one attached hydrogen (secondary N) is 1. The van der Waals surface area contributed by atoms with E-state index in [0.29, 0.717) is 30.2 Å². The SMILES string of the molecule is CC(=O)c1cccc(Nc2ncnc(N3CCN(C)CC3)c2[N+](=O)[O-])c1. The molecule has 1 N–H and O–H groups in total. The number of aromatic nitrogens is 2. The molecule has 0 atom stereocenters. The summed E-state index contributed by atoms with van der Waals surface area (Å²) in [6.45, 7) is 4.41. The van der Waals surface area contributed by atoms with E-state index in [4.69, 9.17) is 0 Å². The van der Waals surface area contributed by atoms with Crippen LogP contribution in [0.15, 0.2) is 30.6 Å². The van der Waals surface area contributed by atoms with Gasteiger partial charge in [0, 0.05) is 37.4 Å². The van der Waals surface area contributed by atoms with Gasteiger partial charge in [0.2, 0.25) is 11.6 Å². The average Bonchev–Trinajstić information content (AvgIpc) is 2.62. The maximum atomic E-state index is 11.7. The lowest BCUT2D eigenvalue weighted by atomic mass is 10.1. The van der Waals surface area contributed by atoms with Gasteiger partial charge in [-0.2, -0.15) is 0 Å². The lowest BCUT2D eigenvalue weighted by Gasteiger charge is -2.32. The van der Waals surface area contributed by atoms with Crippen LogP contribution in [0.4, 0.5) is 23.0 Å². The number of piperazine rings is 1. The number of hydrogen-bond donors (Lipinski definition) is 1. The second kappa shape index (κ2) is 7.44. The molecule has 1 aliphatic rings. The van der Waals surface area contributed by atoms with Crippen molar-refractivity contribution in [3.8, 4) is 0 Å². The van der Waals surface area contributed by atoms with Crippen LogP contribution in [0.5, 0.6) is 0 Å². The van der Waals surface area contributed by atoms with Crippen molar-refractivity contribution < 1.29 is 9.72 Å². The molecule has 2 heterocycles. The van der Waals surface area contributed by atoms with Crippen LogP contribution in [0.2, 0.25) is 0 Å². The molecule has 1 aromatic carbocycles. The lowest BCUT2D eigenvalue weighted by molar-refractivity contribution is -0.383. The van der Waals surface area contributed by atoms with E-state index in [1.54, 1.807) is 24.3 Å².